The zero-order chi connectivity index (χ0) is 21.2. The molecule has 0 unspecified atom stereocenters. The van der Waals surface area contributed by atoms with Gasteiger partial charge in [0.05, 0.1) is 20.7 Å². The number of thiazole rings is 1. The zero-order valence-electron chi connectivity index (χ0n) is 16.7. The van der Waals surface area contributed by atoms with Crippen molar-refractivity contribution in [1.82, 2.24) is 9.88 Å². The molecule has 1 aromatic heterocycles. The van der Waals surface area contributed by atoms with E-state index in [1.807, 2.05) is 49.5 Å². The second-order valence-electron chi connectivity index (χ2n) is 6.86. The Bertz CT molecular complexity index is 1140. The van der Waals surface area contributed by atoms with Crippen molar-refractivity contribution in [3.8, 4) is 0 Å². The van der Waals surface area contributed by atoms with Gasteiger partial charge in [0, 0.05) is 24.2 Å². The molecule has 6 nitrogen and oxygen atoms in total. The summed E-state index contributed by atoms with van der Waals surface area (Å²) >= 11 is 2.86. The van der Waals surface area contributed by atoms with Gasteiger partial charge in [0.2, 0.25) is 0 Å². The van der Waals surface area contributed by atoms with E-state index in [0.29, 0.717) is 29.3 Å². The van der Waals surface area contributed by atoms with Crippen LogP contribution in [0.4, 0.5) is 5.13 Å². The van der Waals surface area contributed by atoms with Crippen LogP contribution >= 0.6 is 23.1 Å². The predicted molar refractivity (Wildman–Crippen MR) is 121 cm³/mol. The summed E-state index contributed by atoms with van der Waals surface area (Å²) in [5.41, 5.74) is 1.31. The molecule has 0 bridgehead atoms. The third kappa shape index (κ3) is 4.98. The van der Waals surface area contributed by atoms with Gasteiger partial charge in [-0.15, -0.1) is 11.8 Å². The van der Waals surface area contributed by atoms with Crippen molar-refractivity contribution < 1.29 is 13.2 Å². The zero-order valence-corrected chi connectivity index (χ0v) is 19.2. The summed E-state index contributed by atoms with van der Waals surface area (Å²) in [7, 11) is 0.601. The second-order valence-corrected chi connectivity index (χ2v) is 10.7. The SMILES string of the molecule is CSc1ccccc1C(=O)N(CCN(C)C)c1nc2ccc(S(C)(=O)=O)cc2s1. The smallest absolute Gasteiger partial charge is 0.261 e. The first kappa shape index (κ1) is 21.8. The van der Waals surface area contributed by atoms with E-state index in [-0.39, 0.29) is 10.8 Å². The van der Waals surface area contributed by atoms with E-state index in [4.69, 9.17) is 0 Å². The highest BCUT2D eigenvalue weighted by molar-refractivity contribution is 7.98. The molecule has 3 aromatic rings. The topological polar surface area (TPSA) is 70.6 Å². The molecule has 3 rings (SSSR count). The first-order chi connectivity index (χ1) is 13.7. The molecule has 29 heavy (non-hydrogen) atoms. The number of rotatable bonds is 7. The van der Waals surface area contributed by atoms with E-state index in [1.54, 1.807) is 23.1 Å². The normalized spacial score (nSPS) is 11.9. The molecule has 0 aliphatic carbocycles. The van der Waals surface area contributed by atoms with Crippen LogP contribution in [0.25, 0.3) is 10.2 Å². The Morgan fingerprint density at radius 1 is 1.14 bits per heavy atom. The number of benzene rings is 2. The van der Waals surface area contributed by atoms with Gasteiger partial charge in [-0.1, -0.05) is 23.5 Å². The molecule has 0 radical (unpaired) electrons. The number of carbonyl (C=O) groups excluding carboxylic acids is 1. The molecule has 0 atom stereocenters. The molecule has 154 valence electrons. The van der Waals surface area contributed by atoms with Crippen LogP contribution in [-0.2, 0) is 9.84 Å². The standard InChI is InChI=1S/C20H23N3O3S3/c1-22(2)11-12-23(19(24)15-7-5-6-8-17(15)27-3)20-21-16-10-9-14(29(4,25)26)13-18(16)28-20/h5-10,13H,11-12H2,1-4H3. The first-order valence-corrected chi connectivity index (χ1v) is 12.8. The average Bonchev–Trinajstić information content (AvgIpc) is 3.09. The Morgan fingerprint density at radius 2 is 1.86 bits per heavy atom. The highest BCUT2D eigenvalue weighted by atomic mass is 32.2. The molecule has 1 amide bonds. The van der Waals surface area contributed by atoms with Gasteiger partial charge in [-0.25, -0.2) is 13.4 Å². The van der Waals surface area contributed by atoms with Crippen LogP contribution in [0, 0.1) is 0 Å². The third-order valence-electron chi connectivity index (χ3n) is 4.36. The molecule has 0 aliphatic rings. The summed E-state index contributed by atoms with van der Waals surface area (Å²) in [5, 5.41) is 0.563. The summed E-state index contributed by atoms with van der Waals surface area (Å²) in [5.74, 6) is -0.112. The van der Waals surface area contributed by atoms with E-state index < -0.39 is 9.84 Å². The number of thioether (sulfide) groups is 1. The largest absolute Gasteiger partial charge is 0.308 e. The molecule has 0 fully saturated rings. The van der Waals surface area contributed by atoms with Crippen LogP contribution in [0.15, 0.2) is 52.3 Å². The van der Waals surface area contributed by atoms with E-state index in [1.165, 1.54) is 29.4 Å². The number of likely N-dealkylation sites (N-methyl/N-ethyl adjacent to an activating group) is 1. The number of nitrogens with zero attached hydrogens (tertiary/aromatic N) is 3. The Balaban J connectivity index is 2.05. The fourth-order valence-corrected chi connectivity index (χ4v) is 5.13. The quantitative estimate of drug-likeness (QED) is 0.513. The Hall–Kier alpha value is -1.94. The van der Waals surface area contributed by atoms with Crippen LogP contribution in [-0.4, -0.2) is 63.9 Å². The van der Waals surface area contributed by atoms with Gasteiger partial charge in [0.1, 0.15) is 0 Å². The number of carbonyl (C=O) groups is 1. The van der Waals surface area contributed by atoms with Crippen molar-refractivity contribution in [2.45, 2.75) is 9.79 Å². The number of amides is 1. The van der Waals surface area contributed by atoms with Gasteiger partial charge >= 0.3 is 0 Å². The summed E-state index contributed by atoms with van der Waals surface area (Å²) in [6.07, 6.45) is 3.13. The molecular formula is C20H23N3O3S3. The van der Waals surface area contributed by atoms with Gasteiger partial charge < -0.3 is 4.90 Å². The Kier molecular flexibility index (Phi) is 6.62. The van der Waals surface area contributed by atoms with Crippen LogP contribution in [0.2, 0.25) is 0 Å². The molecule has 9 heteroatoms. The summed E-state index contributed by atoms with van der Waals surface area (Å²) in [6.45, 7) is 1.16. The van der Waals surface area contributed by atoms with Crippen molar-refractivity contribution in [2.24, 2.45) is 0 Å². The minimum Gasteiger partial charge on any atom is -0.308 e. The number of anilines is 1. The second kappa shape index (κ2) is 8.83. The fourth-order valence-electron chi connectivity index (χ4n) is 2.79. The van der Waals surface area contributed by atoms with E-state index >= 15 is 0 Å². The highest BCUT2D eigenvalue weighted by Crippen LogP contribution is 2.32. The highest BCUT2D eigenvalue weighted by Gasteiger charge is 2.23. The van der Waals surface area contributed by atoms with Gasteiger partial charge in [-0.05, 0) is 50.7 Å². The number of fused-ring (bicyclic) bond motifs is 1. The van der Waals surface area contributed by atoms with E-state index in [2.05, 4.69) is 4.98 Å². The molecule has 0 saturated heterocycles. The maximum Gasteiger partial charge on any atom is 0.261 e. The molecule has 0 aliphatic heterocycles. The Morgan fingerprint density at radius 3 is 2.52 bits per heavy atom. The number of aromatic nitrogens is 1. The van der Waals surface area contributed by atoms with E-state index in [9.17, 15) is 13.2 Å². The van der Waals surface area contributed by atoms with Gasteiger partial charge in [-0.3, -0.25) is 9.69 Å². The molecule has 0 saturated carbocycles. The lowest BCUT2D eigenvalue weighted by Crippen LogP contribution is -2.37. The Labute approximate surface area is 179 Å². The molecule has 0 spiro atoms. The van der Waals surface area contributed by atoms with Crippen LogP contribution in [0.3, 0.4) is 0 Å². The molecule has 1 heterocycles. The monoisotopic (exact) mass is 449 g/mol. The van der Waals surface area contributed by atoms with Crippen molar-refractivity contribution in [1.29, 1.82) is 0 Å². The van der Waals surface area contributed by atoms with Crippen molar-refractivity contribution >= 4 is 54.2 Å². The molecule has 2 aromatic carbocycles. The minimum atomic E-state index is -3.31. The van der Waals surface area contributed by atoms with Gasteiger partial charge in [0.25, 0.3) is 5.91 Å². The predicted octanol–water partition coefficient (Wildman–Crippen LogP) is 3.63. The minimum absolute atomic E-state index is 0.112. The maximum atomic E-state index is 13.4. The maximum absolute atomic E-state index is 13.4. The summed E-state index contributed by atoms with van der Waals surface area (Å²) < 4.78 is 24.5. The average molecular weight is 450 g/mol. The third-order valence-corrected chi connectivity index (χ3v) is 7.31. The van der Waals surface area contributed by atoms with Crippen LogP contribution in [0.1, 0.15) is 10.4 Å². The van der Waals surface area contributed by atoms with Gasteiger partial charge in [-0.2, -0.15) is 0 Å². The molecular weight excluding hydrogens is 426 g/mol. The lowest BCUT2D eigenvalue weighted by atomic mass is 10.2. The fraction of sp³-hybridized carbons (Fsp3) is 0.300. The lowest BCUT2D eigenvalue weighted by molar-refractivity contribution is 0.0982. The van der Waals surface area contributed by atoms with Crippen molar-refractivity contribution in [2.75, 3.05) is 44.6 Å². The summed E-state index contributed by atoms with van der Waals surface area (Å²) in [4.78, 5) is 22.9. The van der Waals surface area contributed by atoms with Crippen molar-refractivity contribution in [3.05, 3.63) is 48.0 Å². The van der Waals surface area contributed by atoms with Gasteiger partial charge in [0.15, 0.2) is 15.0 Å². The summed E-state index contributed by atoms with van der Waals surface area (Å²) in [6, 6.07) is 12.4. The molecule has 0 N–H and O–H groups in total. The lowest BCUT2D eigenvalue weighted by Gasteiger charge is -2.22. The van der Waals surface area contributed by atoms with Crippen LogP contribution < -0.4 is 4.90 Å². The number of hydrogen-bond acceptors (Lipinski definition) is 7. The van der Waals surface area contributed by atoms with Crippen LogP contribution in [0.5, 0.6) is 0 Å². The number of sulfone groups is 1. The van der Waals surface area contributed by atoms with Crippen molar-refractivity contribution in [3.63, 3.8) is 0 Å². The van der Waals surface area contributed by atoms with E-state index in [0.717, 1.165) is 9.60 Å². The number of hydrogen-bond donors (Lipinski definition) is 0. The first-order valence-electron chi connectivity index (χ1n) is 8.91.